The smallest absolute Gasteiger partial charge is 0.416 e. The van der Waals surface area contributed by atoms with E-state index in [1.165, 1.54) is 16.8 Å². The van der Waals surface area contributed by atoms with Gasteiger partial charge < -0.3 is 14.4 Å². The van der Waals surface area contributed by atoms with Gasteiger partial charge in [-0.25, -0.2) is 4.68 Å². The predicted molar refractivity (Wildman–Crippen MR) is 118 cm³/mol. The van der Waals surface area contributed by atoms with Crippen LogP contribution < -0.4 is 15.2 Å². The van der Waals surface area contributed by atoms with Crippen molar-refractivity contribution in [1.82, 2.24) is 9.78 Å². The molecule has 170 valence electrons. The number of nitrogens with zero attached hydrogens (tertiary/aromatic N) is 3. The van der Waals surface area contributed by atoms with Gasteiger partial charge in [0.2, 0.25) is 0 Å². The summed E-state index contributed by atoms with van der Waals surface area (Å²) in [6.45, 7) is 8.46. The Kier molecular flexibility index (Phi) is 7.17. The van der Waals surface area contributed by atoms with E-state index in [0.29, 0.717) is 35.6 Å². The van der Waals surface area contributed by atoms with Crippen molar-refractivity contribution in [1.29, 1.82) is 0 Å². The van der Waals surface area contributed by atoms with Crippen molar-refractivity contribution in [3.8, 4) is 5.75 Å². The number of benzene rings is 1. The van der Waals surface area contributed by atoms with Crippen LogP contribution in [0.3, 0.4) is 0 Å². The largest absolute Gasteiger partial charge is 0.487 e. The Morgan fingerprint density at radius 3 is 2.42 bits per heavy atom. The lowest BCUT2D eigenvalue weighted by molar-refractivity contribution is -0.137. The molecule has 2 heterocycles. The molecule has 6 nitrogen and oxygen atoms in total. The minimum atomic E-state index is -4.37. The number of rotatable bonds is 8. The highest BCUT2D eigenvalue weighted by Gasteiger charge is 2.32. The minimum Gasteiger partial charge on any atom is -0.487 e. The topological polar surface area (TPSA) is 56.6 Å². The molecule has 0 bridgehead atoms. The maximum Gasteiger partial charge on any atom is 0.416 e. The molecule has 0 aliphatic carbocycles. The first kappa shape index (κ1) is 23.8. The SMILES string of the molecule is C[Si](C)(C)CCOCn1ncc(N2CC(Oc3ccc(C(F)(F)F)cc3)C2)c(Br)c1=O. The first-order chi connectivity index (χ1) is 14.4. The summed E-state index contributed by atoms with van der Waals surface area (Å²) >= 11 is 3.35. The van der Waals surface area contributed by atoms with E-state index in [0.717, 1.165) is 18.2 Å². The van der Waals surface area contributed by atoms with E-state index < -0.39 is 19.8 Å². The van der Waals surface area contributed by atoms with Crippen molar-refractivity contribution >= 4 is 29.7 Å². The van der Waals surface area contributed by atoms with Gasteiger partial charge in [0.05, 0.1) is 30.5 Å². The van der Waals surface area contributed by atoms with E-state index in [1.807, 2.05) is 4.90 Å². The highest BCUT2D eigenvalue weighted by molar-refractivity contribution is 9.10. The monoisotopic (exact) mass is 519 g/mol. The second-order valence-corrected chi connectivity index (χ2v) is 15.1. The third-order valence-corrected chi connectivity index (χ3v) is 7.30. The Morgan fingerprint density at radius 1 is 1.19 bits per heavy atom. The second kappa shape index (κ2) is 9.33. The summed E-state index contributed by atoms with van der Waals surface area (Å²) in [7, 11) is -1.20. The van der Waals surface area contributed by atoms with Gasteiger partial charge in [0.1, 0.15) is 23.1 Å². The zero-order chi connectivity index (χ0) is 22.8. The van der Waals surface area contributed by atoms with Gasteiger partial charge in [-0.2, -0.15) is 18.3 Å². The zero-order valence-electron chi connectivity index (χ0n) is 17.6. The molecular formula is C20H25BrF3N3O3Si. The molecule has 2 aromatic rings. The maximum atomic E-state index is 12.6. The molecule has 1 aliphatic heterocycles. The van der Waals surface area contributed by atoms with E-state index in [2.05, 4.69) is 40.7 Å². The molecule has 1 aromatic heterocycles. The van der Waals surface area contributed by atoms with Crippen LogP contribution in [0, 0.1) is 0 Å². The molecule has 0 unspecified atom stereocenters. The normalized spacial score (nSPS) is 15.1. The van der Waals surface area contributed by atoms with Crippen LogP contribution in [0.15, 0.2) is 39.7 Å². The summed E-state index contributed by atoms with van der Waals surface area (Å²) in [5.74, 6) is 0.376. The molecule has 1 aromatic carbocycles. The fourth-order valence-corrected chi connectivity index (χ4v) is 4.24. The lowest BCUT2D eigenvalue weighted by Crippen LogP contribution is -2.54. The summed E-state index contributed by atoms with van der Waals surface area (Å²) < 4.78 is 50.9. The number of ether oxygens (including phenoxy) is 2. The molecule has 0 radical (unpaired) electrons. The molecule has 3 rings (SSSR count). The van der Waals surface area contributed by atoms with Crippen LogP contribution in [0.2, 0.25) is 25.7 Å². The number of hydrogen-bond donors (Lipinski definition) is 0. The maximum absolute atomic E-state index is 12.6. The average molecular weight is 520 g/mol. The van der Waals surface area contributed by atoms with Crippen LogP contribution in [-0.4, -0.2) is 43.7 Å². The minimum absolute atomic E-state index is 0.0991. The second-order valence-electron chi connectivity index (χ2n) is 8.66. The van der Waals surface area contributed by atoms with Crippen molar-refractivity contribution in [3.63, 3.8) is 0 Å². The van der Waals surface area contributed by atoms with Gasteiger partial charge in [-0.3, -0.25) is 4.79 Å². The van der Waals surface area contributed by atoms with Crippen LogP contribution in [0.1, 0.15) is 5.56 Å². The fraction of sp³-hybridized carbons (Fsp3) is 0.500. The van der Waals surface area contributed by atoms with E-state index in [4.69, 9.17) is 9.47 Å². The fourth-order valence-electron chi connectivity index (χ4n) is 2.92. The molecule has 0 atom stereocenters. The third kappa shape index (κ3) is 6.33. The predicted octanol–water partition coefficient (Wildman–Crippen LogP) is 4.60. The van der Waals surface area contributed by atoms with Gasteiger partial charge in [-0.15, -0.1) is 0 Å². The summed E-state index contributed by atoms with van der Waals surface area (Å²) in [5.41, 5.74) is -0.344. The standard InChI is InChI=1S/C20H25BrF3N3O3Si/c1-31(2,3)9-8-29-13-27-19(28)18(21)17(10-25-27)26-11-16(12-26)30-15-6-4-14(5-7-15)20(22,23)24/h4-7,10,16H,8-9,11-13H2,1-3H3. The van der Waals surface area contributed by atoms with Gasteiger partial charge >= 0.3 is 6.18 Å². The van der Waals surface area contributed by atoms with Gasteiger partial charge in [0.25, 0.3) is 5.56 Å². The number of alkyl halides is 3. The Bertz CT molecular complexity index is 955. The van der Waals surface area contributed by atoms with Crippen molar-refractivity contribution in [3.05, 3.63) is 50.9 Å². The van der Waals surface area contributed by atoms with Crippen LogP contribution in [-0.2, 0) is 17.6 Å². The van der Waals surface area contributed by atoms with Crippen LogP contribution >= 0.6 is 15.9 Å². The van der Waals surface area contributed by atoms with Crippen molar-refractivity contribution < 1.29 is 22.6 Å². The average Bonchev–Trinajstić information content (AvgIpc) is 2.64. The summed E-state index contributed by atoms with van der Waals surface area (Å²) in [6.07, 6.45) is -2.96. The Labute approximate surface area is 188 Å². The molecule has 0 spiro atoms. The van der Waals surface area contributed by atoms with Crippen molar-refractivity contribution in [2.75, 3.05) is 24.6 Å². The Balaban J connectivity index is 1.53. The molecule has 31 heavy (non-hydrogen) atoms. The summed E-state index contributed by atoms with van der Waals surface area (Å²) in [5, 5.41) is 4.19. The zero-order valence-corrected chi connectivity index (χ0v) is 20.2. The summed E-state index contributed by atoms with van der Waals surface area (Å²) in [6, 6.07) is 5.63. The Hall–Kier alpha value is -1.85. The first-order valence-electron chi connectivity index (χ1n) is 9.86. The summed E-state index contributed by atoms with van der Waals surface area (Å²) in [4.78, 5) is 14.5. The number of halogens is 4. The van der Waals surface area contributed by atoms with E-state index in [1.54, 1.807) is 6.20 Å². The molecule has 0 N–H and O–H groups in total. The van der Waals surface area contributed by atoms with Gasteiger partial charge in [0.15, 0.2) is 0 Å². The number of aromatic nitrogens is 2. The van der Waals surface area contributed by atoms with Crippen LogP contribution in [0.25, 0.3) is 0 Å². The highest BCUT2D eigenvalue weighted by atomic mass is 79.9. The molecular weight excluding hydrogens is 495 g/mol. The van der Waals surface area contributed by atoms with Crippen LogP contribution in [0.4, 0.5) is 18.9 Å². The highest BCUT2D eigenvalue weighted by Crippen LogP contribution is 2.32. The van der Waals surface area contributed by atoms with Crippen molar-refractivity contribution in [2.45, 2.75) is 44.7 Å². The molecule has 0 saturated carbocycles. The lowest BCUT2D eigenvalue weighted by atomic mass is 10.1. The van der Waals surface area contributed by atoms with Crippen LogP contribution in [0.5, 0.6) is 5.75 Å². The Morgan fingerprint density at radius 2 is 1.84 bits per heavy atom. The third-order valence-electron chi connectivity index (χ3n) is 4.85. The molecule has 1 fully saturated rings. The molecule has 11 heteroatoms. The first-order valence-corrected chi connectivity index (χ1v) is 14.4. The molecule has 0 amide bonds. The van der Waals surface area contributed by atoms with E-state index >= 15 is 0 Å². The lowest BCUT2D eigenvalue weighted by Gasteiger charge is -2.40. The van der Waals surface area contributed by atoms with Gasteiger partial charge in [-0.1, -0.05) is 19.6 Å². The number of anilines is 1. The molecule has 1 aliphatic rings. The van der Waals surface area contributed by atoms with Gasteiger partial charge in [0, 0.05) is 14.7 Å². The van der Waals surface area contributed by atoms with Gasteiger partial charge in [-0.05, 0) is 46.2 Å². The van der Waals surface area contributed by atoms with E-state index in [9.17, 15) is 18.0 Å². The van der Waals surface area contributed by atoms with E-state index in [-0.39, 0.29) is 18.4 Å². The quantitative estimate of drug-likeness (QED) is 0.376. The molecule has 1 saturated heterocycles. The van der Waals surface area contributed by atoms with Crippen molar-refractivity contribution in [2.24, 2.45) is 0 Å². The number of hydrogen-bond acceptors (Lipinski definition) is 5.